The van der Waals surface area contributed by atoms with Crippen molar-refractivity contribution in [2.45, 2.75) is 45.4 Å². The Balaban J connectivity index is 1.76. The van der Waals surface area contributed by atoms with Crippen molar-refractivity contribution >= 4 is 0 Å². The van der Waals surface area contributed by atoms with Crippen LogP contribution in [0.5, 0.6) is 0 Å². The molecule has 0 bridgehead atoms. The number of hydrogen-bond donors (Lipinski definition) is 2. The smallest absolute Gasteiger partial charge is 0.0591 e. The van der Waals surface area contributed by atoms with Gasteiger partial charge in [-0.05, 0) is 57.0 Å². The fourth-order valence-corrected chi connectivity index (χ4v) is 2.11. The molecule has 3 heteroatoms. The Hall–Kier alpha value is -0.120. The van der Waals surface area contributed by atoms with E-state index in [1.165, 1.54) is 38.5 Å². The van der Waals surface area contributed by atoms with Crippen molar-refractivity contribution < 1.29 is 4.74 Å². The van der Waals surface area contributed by atoms with Crippen LogP contribution < -0.4 is 11.1 Å². The third-order valence-corrected chi connectivity index (χ3v) is 3.59. The van der Waals surface area contributed by atoms with Gasteiger partial charge in [0.25, 0.3) is 0 Å². The van der Waals surface area contributed by atoms with Crippen molar-refractivity contribution in [1.29, 1.82) is 0 Å². The summed E-state index contributed by atoms with van der Waals surface area (Å²) in [7, 11) is 0. The van der Waals surface area contributed by atoms with Crippen LogP contribution in [-0.2, 0) is 4.74 Å². The largest absolute Gasteiger partial charge is 0.380 e. The van der Waals surface area contributed by atoms with Gasteiger partial charge in [0.05, 0.1) is 6.61 Å². The van der Waals surface area contributed by atoms with E-state index in [-0.39, 0.29) is 0 Å². The Labute approximate surface area is 106 Å². The van der Waals surface area contributed by atoms with Gasteiger partial charge in [0.2, 0.25) is 0 Å². The van der Waals surface area contributed by atoms with Gasteiger partial charge in [-0.15, -0.1) is 0 Å². The van der Waals surface area contributed by atoms with E-state index >= 15 is 0 Å². The lowest BCUT2D eigenvalue weighted by atomic mass is 9.97. The summed E-state index contributed by atoms with van der Waals surface area (Å²) < 4.78 is 5.57. The van der Waals surface area contributed by atoms with Gasteiger partial charge in [-0.25, -0.2) is 0 Å². The number of nitrogens with one attached hydrogen (secondary N) is 1. The first-order valence-corrected chi connectivity index (χ1v) is 7.35. The molecule has 0 aromatic heterocycles. The summed E-state index contributed by atoms with van der Waals surface area (Å²) in [5.74, 6) is 1.71. The molecular formula is C14H30N2O. The van der Waals surface area contributed by atoms with Crippen molar-refractivity contribution in [3.63, 3.8) is 0 Å². The van der Waals surface area contributed by atoms with Crippen LogP contribution in [0.25, 0.3) is 0 Å². The number of ether oxygens (including phenoxy) is 1. The zero-order valence-corrected chi connectivity index (χ0v) is 11.4. The maximum atomic E-state index is 5.59. The third kappa shape index (κ3) is 8.58. The molecule has 3 N–H and O–H groups in total. The van der Waals surface area contributed by atoms with Gasteiger partial charge in [-0.1, -0.05) is 13.3 Å². The lowest BCUT2D eigenvalue weighted by molar-refractivity contribution is 0.126. The highest BCUT2D eigenvalue weighted by molar-refractivity contribution is 4.71. The van der Waals surface area contributed by atoms with Crippen molar-refractivity contribution in [3.8, 4) is 0 Å². The molecule has 0 aliphatic heterocycles. The Kier molecular flexibility index (Phi) is 8.67. The van der Waals surface area contributed by atoms with Gasteiger partial charge in [0.15, 0.2) is 0 Å². The predicted molar refractivity (Wildman–Crippen MR) is 73.1 cm³/mol. The average molecular weight is 242 g/mol. The standard InChI is InChI=1S/C14H30N2O/c1-2-13(7-8-15)4-3-9-16-10-11-17-12-14-5-6-14/h13-14,16H,2-12,15H2,1H3. The van der Waals surface area contributed by atoms with E-state index in [2.05, 4.69) is 12.2 Å². The van der Waals surface area contributed by atoms with E-state index in [4.69, 9.17) is 10.5 Å². The topological polar surface area (TPSA) is 47.3 Å². The monoisotopic (exact) mass is 242 g/mol. The lowest BCUT2D eigenvalue weighted by Crippen LogP contribution is -2.22. The van der Waals surface area contributed by atoms with Gasteiger partial charge in [0.1, 0.15) is 0 Å². The minimum absolute atomic E-state index is 0.827. The van der Waals surface area contributed by atoms with E-state index in [0.717, 1.165) is 44.7 Å². The van der Waals surface area contributed by atoms with E-state index in [1.807, 2.05) is 0 Å². The predicted octanol–water partition coefficient (Wildman–Crippen LogP) is 2.16. The summed E-state index contributed by atoms with van der Waals surface area (Å²) in [5.41, 5.74) is 5.59. The molecule has 17 heavy (non-hydrogen) atoms. The van der Waals surface area contributed by atoms with E-state index < -0.39 is 0 Å². The molecule has 1 unspecified atom stereocenters. The summed E-state index contributed by atoms with van der Waals surface area (Å²) in [6.07, 6.45) is 7.79. The summed E-state index contributed by atoms with van der Waals surface area (Å²) >= 11 is 0. The SMILES string of the molecule is CCC(CCN)CCCNCCOCC1CC1. The van der Waals surface area contributed by atoms with Crippen molar-refractivity contribution in [2.75, 3.05) is 32.8 Å². The zero-order chi connectivity index (χ0) is 12.3. The summed E-state index contributed by atoms with van der Waals surface area (Å²) in [5, 5.41) is 3.44. The second-order valence-electron chi connectivity index (χ2n) is 5.26. The minimum atomic E-state index is 0.827. The van der Waals surface area contributed by atoms with Crippen LogP contribution >= 0.6 is 0 Å². The van der Waals surface area contributed by atoms with E-state index in [0.29, 0.717) is 0 Å². The number of rotatable bonds is 12. The molecule has 0 saturated heterocycles. The molecule has 0 spiro atoms. The molecule has 1 aliphatic carbocycles. The molecule has 0 amide bonds. The third-order valence-electron chi connectivity index (χ3n) is 3.59. The highest BCUT2D eigenvalue weighted by Gasteiger charge is 2.20. The van der Waals surface area contributed by atoms with Crippen LogP contribution in [-0.4, -0.2) is 32.8 Å². The molecule has 3 nitrogen and oxygen atoms in total. The molecule has 0 radical (unpaired) electrons. The molecule has 0 heterocycles. The molecule has 102 valence electrons. The molecule has 1 rings (SSSR count). The second kappa shape index (κ2) is 9.86. The lowest BCUT2D eigenvalue weighted by Gasteiger charge is -2.13. The highest BCUT2D eigenvalue weighted by Crippen LogP contribution is 2.28. The van der Waals surface area contributed by atoms with Gasteiger partial charge in [0, 0.05) is 13.2 Å². The van der Waals surface area contributed by atoms with Crippen LogP contribution in [0, 0.1) is 11.8 Å². The van der Waals surface area contributed by atoms with E-state index in [9.17, 15) is 0 Å². The van der Waals surface area contributed by atoms with Gasteiger partial charge >= 0.3 is 0 Å². The van der Waals surface area contributed by atoms with Gasteiger partial charge in [-0.3, -0.25) is 0 Å². The van der Waals surface area contributed by atoms with Crippen LogP contribution in [0.4, 0.5) is 0 Å². The fraction of sp³-hybridized carbons (Fsp3) is 1.00. The summed E-state index contributed by atoms with van der Waals surface area (Å²) in [4.78, 5) is 0. The quantitative estimate of drug-likeness (QED) is 0.516. The second-order valence-corrected chi connectivity index (χ2v) is 5.26. The fourth-order valence-electron chi connectivity index (χ4n) is 2.11. The molecule has 0 aromatic rings. The van der Waals surface area contributed by atoms with E-state index in [1.54, 1.807) is 0 Å². The molecule has 1 atom stereocenters. The van der Waals surface area contributed by atoms with Crippen molar-refractivity contribution in [1.82, 2.24) is 5.32 Å². The minimum Gasteiger partial charge on any atom is -0.380 e. The highest BCUT2D eigenvalue weighted by atomic mass is 16.5. The zero-order valence-electron chi connectivity index (χ0n) is 11.4. The normalized spacial score (nSPS) is 17.3. The molecule has 1 saturated carbocycles. The molecular weight excluding hydrogens is 212 g/mol. The molecule has 1 aliphatic rings. The number of hydrogen-bond acceptors (Lipinski definition) is 3. The van der Waals surface area contributed by atoms with Crippen LogP contribution in [0.15, 0.2) is 0 Å². The first-order valence-electron chi connectivity index (χ1n) is 7.35. The van der Waals surface area contributed by atoms with Crippen LogP contribution in [0.3, 0.4) is 0 Å². The maximum absolute atomic E-state index is 5.59. The maximum Gasteiger partial charge on any atom is 0.0591 e. The first-order chi connectivity index (χ1) is 8.36. The summed E-state index contributed by atoms with van der Waals surface area (Å²) in [6.45, 7) is 7.07. The Morgan fingerprint density at radius 2 is 2.12 bits per heavy atom. The Morgan fingerprint density at radius 1 is 1.29 bits per heavy atom. The average Bonchev–Trinajstić information content (AvgIpc) is 3.15. The van der Waals surface area contributed by atoms with Crippen molar-refractivity contribution in [3.05, 3.63) is 0 Å². The van der Waals surface area contributed by atoms with Crippen LogP contribution in [0.2, 0.25) is 0 Å². The Morgan fingerprint density at radius 3 is 2.76 bits per heavy atom. The first kappa shape index (κ1) is 14.9. The Bertz CT molecular complexity index is 172. The van der Waals surface area contributed by atoms with Crippen LogP contribution in [0.1, 0.15) is 45.4 Å². The molecule has 1 fully saturated rings. The van der Waals surface area contributed by atoms with Crippen molar-refractivity contribution in [2.24, 2.45) is 17.6 Å². The van der Waals surface area contributed by atoms with Gasteiger partial charge < -0.3 is 15.8 Å². The molecule has 0 aromatic carbocycles. The number of nitrogens with two attached hydrogens (primary N) is 1. The summed E-state index contributed by atoms with van der Waals surface area (Å²) in [6, 6.07) is 0. The van der Waals surface area contributed by atoms with Gasteiger partial charge in [-0.2, -0.15) is 0 Å².